The first-order valence-electron chi connectivity index (χ1n) is 11.1. The van der Waals surface area contributed by atoms with E-state index < -0.39 is 6.04 Å². The molecular formula is C22H29N5O3S2. The Labute approximate surface area is 197 Å². The molecule has 1 aliphatic heterocycles. The zero-order chi connectivity index (χ0) is 22.3. The second-order valence-electron chi connectivity index (χ2n) is 8.33. The van der Waals surface area contributed by atoms with E-state index in [1.54, 1.807) is 17.4 Å². The quantitative estimate of drug-likeness (QED) is 0.594. The van der Waals surface area contributed by atoms with Gasteiger partial charge in [-0.1, -0.05) is 32.1 Å². The molecule has 172 valence electrons. The van der Waals surface area contributed by atoms with Crippen LogP contribution < -0.4 is 10.6 Å². The van der Waals surface area contributed by atoms with Gasteiger partial charge in [0.1, 0.15) is 11.8 Å². The summed E-state index contributed by atoms with van der Waals surface area (Å²) >= 11 is 6.86. The van der Waals surface area contributed by atoms with Crippen molar-refractivity contribution in [1.82, 2.24) is 20.1 Å². The molecule has 1 atom stereocenters. The molecule has 32 heavy (non-hydrogen) atoms. The zero-order valence-electron chi connectivity index (χ0n) is 18.0. The summed E-state index contributed by atoms with van der Waals surface area (Å²) in [5.74, 6) is 1.03. The van der Waals surface area contributed by atoms with Crippen LogP contribution in [0.4, 0.5) is 5.13 Å². The molecule has 0 bridgehead atoms. The van der Waals surface area contributed by atoms with Gasteiger partial charge in [0.05, 0.1) is 19.4 Å². The van der Waals surface area contributed by atoms with E-state index in [-0.39, 0.29) is 18.4 Å². The van der Waals surface area contributed by atoms with Crippen molar-refractivity contribution in [2.45, 2.75) is 51.1 Å². The molecule has 3 heterocycles. The molecule has 0 aromatic carbocycles. The fraction of sp³-hybridized carbons (Fsp3) is 0.545. The molecule has 2 fully saturated rings. The van der Waals surface area contributed by atoms with Crippen molar-refractivity contribution < 1.29 is 14.0 Å². The SMILES string of the molecule is O=C(Nc1nccs1)[C@H](CC1CCCCC1)N1CCN(C(=S)NCc2ccco2)CC1=O. The number of thiazole rings is 1. The molecule has 0 radical (unpaired) electrons. The molecular weight excluding hydrogens is 446 g/mol. The smallest absolute Gasteiger partial charge is 0.248 e. The van der Waals surface area contributed by atoms with Crippen LogP contribution in [0.2, 0.25) is 0 Å². The Morgan fingerprint density at radius 3 is 2.84 bits per heavy atom. The van der Waals surface area contributed by atoms with Gasteiger partial charge >= 0.3 is 0 Å². The monoisotopic (exact) mass is 475 g/mol. The predicted molar refractivity (Wildman–Crippen MR) is 127 cm³/mol. The summed E-state index contributed by atoms with van der Waals surface area (Å²) in [6.45, 7) is 1.68. The summed E-state index contributed by atoms with van der Waals surface area (Å²) in [5, 5.41) is 8.97. The van der Waals surface area contributed by atoms with Crippen LogP contribution in [-0.2, 0) is 16.1 Å². The third-order valence-electron chi connectivity index (χ3n) is 6.16. The highest BCUT2D eigenvalue weighted by Gasteiger charge is 2.36. The largest absolute Gasteiger partial charge is 0.467 e. The molecule has 2 aromatic heterocycles. The lowest BCUT2D eigenvalue weighted by Crippen LogP contribution is -2.59. The number of anilines is 1. The Bertz CT molecular complexity index is 897. The van der Waals surface area contributed by atoms with Gasteiger partial charge in [-0.2, -0.15) is 0 Å². The molecule has 1 saturated carbocycles. The molecule has 2 aliphatic rings. The number of nitrogens with zero attached hydrogens (tertiary/aromatic N) is 3. The second-order valence-corrected chi connectivity index (χ2v) is 9.61. The van der Waals surface area contributed by atoms with Crippen molar-refractivity contribution in [2.75, 3.05) is 25.0 Å². The maximum absolute atomic E-state index is 13.2. The van der Waals surface area contributed by atoms with Gasteiger partial charge < -0.3 is 24.9 Å². The molecule has 2 aromatic rings. The van der Waals surface area contributed by atoms with Crippen molar-refractivity contribution in [2.24, 2.45) is 5.92 Å². The average molecular weight is 476 g/mol. The van der Waals surface area contributed by atoms with Gasteiger partial charge in [-0.25, -0.2) is 4.98 Å². The van der Waals surface area contributed by atoms with Crippen LogP contribution >= 0.6 is 23.6 Å². The van der Waals surface area contributed by atoms with E-state index in [1.165, 1.54) is 30.6 Å². The molecule has 4 rings (SSSR count). The molecule has 0 unspecified atom stereocenters. The molecule has 8 nitrogen and oxygen atoms in total. The van der Waals surface area contributed by atoms with Crippen molar-refractivity contribution in [1.29, 1.82) is 0 Å². The van der Waals surface area contributed by atoms with Crippen LogP contribution in [0.25, 0.3) is 0 Å². The van der Waals surface area contributed by atoms with Crippen LogP contribution in [-0.4, -0.2) is 57.4 Å². The first-order valence-corrected chi connectivity index (χ1v) is 12.4. The summed E-state index contributed by atoms with van der Waals surface area (Å²) < 4.78 is 5.32. The minimum atomic E-state index is -0.485. The minimum absolute atomic E-state index is 0.0755. The fourth-order valence-electron chi connectivity index (χ4n) is 4.47. The van der Waals surface area contributed by atoms with Gasteiger partial charge in [0.15, 0.2) is 10.2 Å². The first kappa shape index (κ1) is 22.7. The normalized spacial score (nSPS) is 18.4. The lowest BCUT2D eigenvalue weighted by Gasteiger charge is -2.40. The van der Waals surface area contributed by atoms with Crippen LogP contribution in [0.3, 0.4) is 0 Å². The standard InChI is InChI=1S/C22H29N5O3S2/c28-19-15-26(22(31)24-14-17-7-4-11-30-17)9-10-27(19)18(13-16-5-2-1-3-6-16)20(29)25-21-23-8-12-32-21/h4,7-8,11-12,16,18H,1-3,5-6,9-10,13-15H2,(H,24,31)(H,23,25,29)/t18-/m0/s1. The summed E-state index contributed by atoms with van der Waals surface area (Å²) in [5.41, 5.74) is 0. The number of thiocarbonyl (C=S) groups is 1. The van der Waals surface area contributed by atoms with Crippen LogP contribution in [0.5, 0.6) is 0 Å². The highest BCUT2D eigenvalue weighted by atomic mass is 32.1. The van der Waals surface area contributed by atoms with Crippen molar-refractivity contribution in [3.8, 4) is 0 Å². The van der Waals surface area contributed by atoms with E-state index >= 15 is 0 Å². The summed E-state index contributed by atoms with van der Waals surface area (Å²) in [6.07, 6.45) is 9.87. The third-order valence-corrected chi connectivity index (χ3v) is 7.25. The number of carbonyl (C=O) groups is 2. The van der Waals surface area contributed by atoms with Crippen LogP contribution in [0, 0.1) is 5.92 Å². The number of amides is 2. The number of furan rings is 1. The van der Waals surface area contributed by atoms with Gasteiger partial charge in [-0.05, 0) is 36.7 Å². The van der Waals surface area contributed by atoms with Crippen molar-refractivity contribution in [3.63, 3.8) is 0 Å². The van der Waals surface area contributed by atoms with Gasteiger partial charge in [0, 0.05) is 24.7 Å². The minimum Gasteiger partial charge on any atom is -0.467 e. The topological polar surface area (TPSA) is 90.7 Å². The zero-order valence-corrected chi connectivity index (χ0v) is 19.6. The van der Waals surface area contributed by atoms with Gasteiger partial charge in [-0.3, -0.25) is 9.59 Å². The van der Waals surface area contributed by atoms with Crippen molar-refractivity contribution >= 4 is 45.6 Å². The molecule has 2 N–H and O–H groups in total. The number of hydrogen-bond acceptors (Lipinski definition) is 6. The maximum atomic E-state index is 13.2. The average Bonchev–Trinajstić information content (AvgIpc) is 3.51. The third kappa shape index (κ3) is 5.86. The number of aromatic nitrogens is 1. The molecule has 0 spiro atoms. The molecule has 2 amide bonds. The number of nitrogens with one attached hydrogen (secondary N) is 2. The number of carbonyl (C=O) groups excluding carboxylic acids is 2. The second kappa shape index (κ2) is 10.9. The first-order chi connectivity index (χ1) is 15.6. The van der Waals surface area contributed by atoms with Gasteiger partial charge in [0.2, 0.25) is 11.8 Å². The van der Waals surface area contributed by atoms with E-state index in [4.69, 9.17) is 16.6 Å². The van der Waals surface area contributed by atoms with Gasteiger partial charge in [0.25, 0.3) is 0 Å². The van der Waals surface area contributed by atoms with E-state index in [9.17, 15) is 9.59 Å². The lowest BCUT2D eigenvalue weighted by atomic mass is 9.84. The summed E-state index contributed by atoms with van der Waals surface area (Å²) in [7, 11) is 0. The molecule has 10 heteroatoms. The maximum Gasteiger partial charge on any atom is 0.248 e. The van der Waals surface area contributed by atoms with E-state index in [0.717, 1.165) is 18.6 Å². The Kier molecular flexibility index (Phi) is 7.75. The molecule has 1 aliphatic carbocycles. The number of piperazine rings is 1. The predicted octanol–water partition coefficient (Wildman–Crippen LogP) is 3.23. The van der Waals surface area contributed by atoms with Gasteiger partial charge in [-0.15, -0.1) is 11.3 Å². The summed E-state index contributed by atoms with van der Waals surface area (Å²) in [6, 6.07) is 3.21. The Morgan fingerprint density at radius 1 is 1.31 bits per heavy atom. The lowest BCUT2D eigenvalue weighted by molar-refractivity contribution is -0.142. The summed E-state index contributed by atoms with van der Waals surface area (Å²) in [4.78, 5) is 34.1. The Hall–Kier alpha value is -2.46. The highest BCUT2D eigenvalue weighted by molar-refractivity contribution is 7.80. The van der Waals surface area contributed by atoms with Crippen LogP contribution in [0.15, 0.2) is 34.4 Å². The van der Waals surface area contributed by atoms with E-state index in [1.807, 2.05) is 22.4 Å². The van der Waals surface area contributed by atoms with Crippen LogP contribution in [0.1, 0.15) is 44.3 Å². The Balaban J connectivity index is 1.38. The highest BCUT2D eigenvalue weighted by Crippen LogP contribution is 2.29. The fourth-order valence-corrected chi connectivity index (χ4v) is 5.23. The number of rotatable bonds is 7. The van der Waals surface area contributed by atoms with E-state index in [0.29, 0.717) is 42.2 Å². The molecule has 1 saturated heterocycles. The van der Waals surface area contributed by atoms with Crippen molar-refractivity contribution in [3.05, 3.63) is 35.7 Å². The Morgan fingerprint density at radius 2 is 2.16 bits per heavy atom. The van der Waals surface area contributed by atoms with E-state index in [2.05, 4.69) is 15.6 Å². The number of hydrogen-bond donors (Lipinski definition) is 2.